The first-order valence-electron chi connectivity index (χ1n) is 9.51. The van der Waals surface area contributed by atoms with Gasteiger partial charge in [0.05, 0.1) is 19.3 Å². The number of aryl methyl sites for hydroxylation is 1. The number of benzene rings is 1. The Morgan fingerprint density at radius 2 is 2.04 bits per heavy atom. The molecule has 28 heavy (non-hydrogen) atoms. The monoisotopic (exact) mass is 385 g/mol. The second-order valence-corrected chi connectivity index (χ2v) is 6.90. The summed E-state index contributed by atoms with van der Waals surface area (Å²) < 4.78 is 18.9. The Hall–Kier alpha value is -2.67. The maximum atomic E-state index is 13.9. The molecule has 150 valence electrons. The SMILES string of the molecule is CN=C(NCc1ncccc1C)N1CCN(Cc2ccc(OC)c(F)c2)CC1. The fourth-order valence-corrected chi connectivity index (χ4v) is 3.38. The first-order valence-corrected chi connectivity index (χ1v) is 9.51. The highest BCUT2D eigenvalue weighted by Gasteiger charge is 2.20. The Morgan fingerprint density at radius 3 is 2.68 bits per heavy atom. The molecule has 6 nitrogen and oxygen atoms in total. The molecule has 0 spiro atoms. The molecular formula is C21H28FN5O. The molecule has 1 aliphatic rings. The molecule has 1 aromatic carbocycles. The van der Waals surface area contributed by atoms with Crippen LogP contribution in [0.25, 0.3) is 0 Å². The van der Waals surface area contributed by atoms with E-state index in [1.807, 2.05) is 18.3 Å². The molecule has 2 heterocycles. The van der Waals surface area contributed by atoms with E-state index in [-0.39, 0.29) is 11.6 Å². The lowest BCUT2D eigenvalue weighted by molar-refractivity contribution is 0.172. The van der Waals surface area contributed by atoms with Crippen molar-refractivity contribution in [3.8, 4) is 5.75 Å². The quantitative estimate of drug-likeness (QED) is 0.633. The number of nitrogens with zero attached hydrogens (tertiary/aromatic N) is 4. The first-order chi connectivity index (χ1) is 13.6. The number of hydrogen-bond donors (Lipinski definition) is 1. The Bertz CT molecular complexity index is 818. The average Bonchev–Trinajstić information content (AvgIpc) is 2.71. The molecule has 1 aliphatic heterocycles. The van der Waals surface area contributed by atoms with Gasteiger partial charge in [-0.2, -0.15) is 0 Å². The number of methoxy groups -OCH3 is 1. The lowest BCUT2D eigenvalue weighted by Crippen LogP contribution is -2.52. The predicted molar refractivity (Wildman–Crippen MR) is 109 cm³/mol. The fourth-order valence-electron chi connectivity index (χ4n) is 3.38. The number of aromatic nitrogens is 1. The number of nitrogens with one attached hydrogen (secondary N) is 1. The van der Waals surface area contributed by atoms with Crippen LogP contribution < -0.4 is 10.1 Å². The lowest BCUT2D eigenvalue weighted by atomic mass is 10.2. The van der Waals surface area contributed by atoms with Crippen molar-refractivity contribution in [1.82, 2.24) is 20.1 Å². The van der Waals surface area contributed by atoms with E-state index in [4.69, 9.17) is 4.74 Å². The summed E-state index contributed by atoms with van der Waals surface area (Å²) in [5.74, 6) is 0.861. The molecule has 1 saturated heterocycles. The van der Waals surface area contributed by atoms with E-state index in [0.29, 0.717) is 6.54 Å². The van der Waals surface area contributed by atoms with Gasteiger partial charge in [-0.25, -0.2) is 4.39 Å². The van der Waals surface area contributed by atoms with Gasteiger partial charge < -0.3 is 15.0 Å². The van der Waals surface area contributed by atoms with Crippen molar-refractivity contribution in [2.24, 2.45) is 4.99 Å². The van der Waals surface area contributed by atoms with Gasteiger partial charge in [-0.05, 0) is 36.2 Å². The van der Waals surface area contributed by atoms with Gasteiger partial charge in [0.1, 0.15) is 0 Å². The normalized spacial score (nSPS) is 15.6. The largest absolute Gasteiger partial charge is 0.494 e. The molecule has 1 N–H and O–H groups in total. The van der Waals surface area contributed by atoms with Crippen LogP contribution in [0, 0.1) is 12.7 Å². The molecule has 0 aliphatic carbocycles. The number of aliphatic imine (C=N–C) groups is 1. The zero-order valence-electron chi connectivity index (χ0n) is 16.8. The Morgan fingerprint density at radius 1 is 1.25 bits per heavy atom. The van der Waals surface area contributed by atoms with Crippen LogP contribution in [0.1, 0.15) is 16.8 Å². The summed E-state index contributed by atoms with van der Waals surface area (Å²) in [4.78, 5) is 13.4. The molecular weight excluding hydrogens is 357 g/mol. The predicted octanol–water partition coefficient (Wildman–Crippen LogP) is 2.43. The van der Waals surface area contributed by atoms with Crippen molar-refractivity contribution < 1.29 is 9.13 Å². The maximum absolute atomic E-state index is 13.9. The highest BCUT2D eigenvalue weighted by Crippen LogP contribution is 2.19. The van der Waals surface area contributed by atoms with Crippen LogP contribution in [-0.2, 0) is 13.1 Å². The van der Waals surface area contributed by atoms with Gasteiger partial charge in [-0.3, -0.25) is 14.9 Å². The standard InChI is InChI=1S/C21H28FN5O/c1-16-5-4-8-24-19(16)14-25-21(23-2)27-11-9-26(10-12-27)15-17-6-7-20(28-3)18(22)13-17/h4-8,13H,9-12,14-15H2,1-3H3,(H,23,25). The highest BCUT2D eigenvalue weighted by molar-refractivity contribution is 5.80. The molecule has 2 aromatic rings. The molecule has 0 amide bonds. The van der Waals surface area contributed by atoms with E-state index in [9.17, 15) is 4.39 Å². The van der Waals surface area contributed by atoms with Crippen LogP contribution in [0.5, 0.6) is 5.75 Å². The zero-order valence-corrected chi connectivity index (χ0v) is 16.8. The van der Waals surface area contributed by atoms with Crippen LogP contribution in [-0.4, -0.2) is 61.1 Å². The summed E-state index contributed by atoms with van der Waals surface area (Å²) >= 11 is 0. The van der Waals surface area contributed by atoms with Crippen LogP contribution in [0.15, 0.2) is 41.5 Å². The fraction of sp³-hybridized carbons (Fsp3) is 0.429. The number of guanidine groups is 1. The number of piperazine rings is 1. The van der Waals surface area contributed by atoms with Crippen LogP contribution >= 0.6 is 0 Å². The van der Waals surface area contributed by atoms with Gasteiger partial charge >= 0.3 is 0 Å². The van der Waals surface area contributed by atoms with E-state index in [2.05, 4.69) is 38.1 Å². The number of rotatable bonds is 5. The third-order valence-electron chi connectivity index (χ3n) is 5.04. The first kappa shape index (κ1) is 20.1. The van der Waals surface area contributed by atoms with Crippen LogP contribution in [0.3, 0.4) is 0 Å². The van der Waals surface area contributed by atoms with Gasteiger partial charge in [0.2, 0.25) is 0 Å². The van der Waals surface area contributed by atoms with E-state index in [0.717, 1.165) is 49.9 Å². The summed E-state index contributed by atoms with van der Waals surface area (Å²) in [5.41, 5.74) is 3.16. The lowest BCUT2D eigenvalue weighted by Gasteiger charge is -2.36. The van der Waals surface area contributed by atoms with Crippen molar-refractivity contribution in [1.29, 1.82) is 0 Å². The van der Waals surface area contributed by atoms with Crippen molar-refractivity contribution >= 4 is 5.96 Å². The van der Waals surface area contributed by atoms with Crippen molar-refractivity contribution in [3.63, 3.8) is 0 Å². The molecule has 1 fully saturated rings. The molecule has 1 aromatic heterocycles. The van der Waals surface area contributed by atoms with E-state index in [1.54, 1.807) is 19.2 Å². The van der Waals surface area contributed by atoms with Gasteiger partial charge in [0, 0.05) is 46.0 Å². The molecule has 3 rings (SSSR count). The van der Waals surface area contributed by atoms with Gasteiger partial charge in [-0.15, -0.1) is 0 Å². The summed E-state index contributed by atoms with van der Waals surface area (Å²) in [6, 6.07) is 9.17. The Labute approximate surface area is 166 Å². The van der Waals surface area contributed by atoms with Crippen LogP contribution in [0.4, 0.5) is 4.39 Å². The minimum atomic E-state index is -0.312. The molecule has 0 bridgehead atoms. The van der Waals surface area contributed by atoms with Crippen molar-refractivity contribution in [2.45, 2.75) is 20.0 Å². The molecule has 7 heteroatoms. The van der Waals surface area contributed by atoms with Crippen LogP contribution in [0.2, 0.25) is 0 Å². The second kappa shape index (κ2) is 9.50. The number of ether oxygens (including phenoxy) is 1. The molecule has 0 saturated carbocycles. The summed E-state index contributed by atoms with van der Waals surface area (Å²) in [6.45, 7) is 7.00. The minimum absolute atomic E-state index is 0.284. The maximum Gasteiger partial charge on any atom is 0.194 e. The van der Waals surface area contributed by atoms with E-state index in [1.165, 1.54) is 12.7 Å². The van der Waals surface area contributed by atoms with Gasteiger partial charge in [-0.1, -0.05) is 12.1 Å². The van der Waals surface area contributed by atoms with E-state index < -0.39 is 0 Å². The van der Waals surface area contributed by atoms with Gasteiger partial charge in [0.15, 0.2) is 17.5 Å². The number of hydrogen-bond acceptors (Lipinski definition) is 4. The number of pyridine rings is 1. The minimum Gasteiger partial charge on any atom is -0.494 e. The number of halogens is 1. The zero-order chi connectivity index (χ0) is 19.9. The topological polar surface area (TPSA) is 53.0 Å². The van der Waals surface area contributed by atoms with Crippen molar-refractivity contribution in [3.05, 3.63) is 59.2 Å². The summed E-state index contributed by atoms with van der Waals surface area (Å²) in [7, 11) is 3.29. The smallest absolute Gasteiger partial charge is 0.194 e. The van der Waals surface area contributed by atoms with E-state index >= 15 is 0 Å². The Balaban J connectivity index is 1.51. The van der Waals surface area contributed by atoms with Gasteiger partial charge in [0.25, 0.3) is 0 Å². The Kier molecular flexibility index (Phi) is 6.81. The molecule has 0 radical (unpaired) electrons. The third-order valence-corrected chi connectivity index (χ3v) is 5.04. The molecule has 0 atom stereocenters. The summed E-state index contributed by atoms with van der Waals surface area (Å²) in [6.07, 6.45) is 1.81. The average molecular weight is 385 g/mol. The highest BCUT2D eigenvalue weighted by atomic mass is 19.1. The second-order valence-electron chi connectivity index (χ2n) is 6.90. The summed E-state index contributed by atoms with van der Waals surface area (Å²) in [5, 5.41) is 3.41. The van der Waals surface area contributed by atoms with Crippen molar-refractivity contribution in [2.75, 3.05) is 40.3 Å². The molecule has 0 unspecified atom stereocenters. The third kappa shape index (κ3) is 4.98.